The molecule has 0 aliphatic heterocycles. The highest BCUT2D eigenvalue weighted by atomic mass is 79.9. The summed E-state index contributed by atoms with van der Waals surface area (Å²) in [5, 5.41) is 11.8. The van der Waals surface area contributed by atoms with Gasteiger partial charge in [-0.25, -0.2) is 0 Å². The average Bonchev–Trinajstić information content (AvgIpc) is 2.21. The number of rotatable bonds is 3. The first-order valence-electron chi connectivity index (χ1n) is 4.42. The molecule has 0 radical (unpaired) electrons. The van der Waals surface area contributed by atoms with E-state index in [1.54, 1.807) is 25.1 Å². The van der Waals surface area contributed by atoms with E-state index in [-0.39, 0.29) is 18.6 Å². The number of nitrogens with one attached hydrogen (secondary N) is 1. The van der Waals surface area contributed by atoms with Gasteiger partial charge in [-0.15, -0.1) is 0 Å². The molecule has 2 N–H and O–H groups in total. The first kappa shape index (κ1) is 12.5. The Morgan fingerprint density at radius 2 is 2.33 bits per heavy atom. The predicted molar refractivity (Wildman–Crippen MR) is 63.2 cm³/mol. The second kappa shape index (κ2) is 5.49. The van der Waals surface area contributed by atoms with Crippen LogP contribution >= 0.6 is 27.5 Å². The third-order valence-electron chi connectivity index (χ3n) is 1.85. The summed E-state index contributed by atoms with van der Waals surface area (Å²) in [6, 6.07) is 4.84. The SMILES string of the molecule is C[C@H](CO)NC(=O)c1cccc(Br)c1Cl. The van der Waals surface area contributed by atoms with Crippen molar-refractivity contribution < 1.29 is 9.90 Å². The largest absolute Gasteiger partial charge is 0.394 e. The van der Waals surface area contributed by atoms with Gasteiger partial charge in [0.25, 0.3) is 5.91 Å². The molecule has 82 valence electrons. The lowest BCUT2D eigenvalue weighted by Gasteiger charge is -2.11. The van der Waals surface area contributed by atoms with Gasteiger partial charge in [0.15, 0.2) is 0 Å². The fraction of sp³-hybridized carbons (Fsp3) is 0.300. The molecule has 1 aromatic rings. The van der Waals surface area contributed by atoms with Crippen molar-refractivity contribution in [2.75, 3.05) is 6.61 Å². The van der Waals surface area contributed by atoms with Crippen LogP contribution in [0.2, 0.25) is 5.02 Å². The predicted octanol–water partition coefficient (Wildman–Crippen LogP) is 2.21. The first-order chi connectivity index (χ1) is 7.06. The molecule has 1 atom stereocenters. The van der Waals surface area contributed by atoms with Crippen LogP contribution < -0.4 is 5.32 Å². The first-order valence-corrected chi connectivity index (χ1v) is 5.59. The topological polar surface area (TPSA) is 49.3 Å². The number of hydrogen-bond acceptors (Lipinski definition) is 2. The Hall–Kier alpha value is -0.580. The van der Waals surface area contributed by atoms with Gasteiger partial charge in [-0.3, -0.25) is 4.79 Å². The maximum atomic E-state index is 11.7. The molecule has 0 aliphatic rings. The van der Waals surface area contributed by atoms with Crippen LogP contribution in [-0.4, -0.2) is 23.7 Å². The Labute approximate surface area is 102 Å². The molecule has 0 aromatic heterocycles. The lowest BCUT2D eigenvalue weighted by atomic mass is 10.2. The minimum absolute atomic E-state index is 0.0998. The van der Waals surface area contributed by atoms with Crippen molar-refractivity contribution >= 4 is 33.4 Å². The van der Waals surface area contributed by atoms with Crippen molar-refractivity contribution in [3.8, 4) is 0 Å². The van der Waals surface area contributed by atoms with E-state index in [1.807, 2.05) is 0 Å². The number of hydrogen-bond donors (Lipinski definition) is 2. The Balaban J connectivity index is 2.87. The number of halogens is 2. The molecule has 0 aliphatic carbocycles. The maximum absolute atomic E-state index is 11.7. The number of amides is 1. The minimum atomic E-state index is -0.289. The van der Waals surface area contributed by atoms with Crippen LogP contribution in [0.5, 0.6) is 0 Å². The number of carbonyl (C=O) groups is 1. The number of carbonyl (C=O) groups excluding carboxylic acids is 1. The maximum Gasteiger partial charge on any atom is 0.253 e. The smallest absolute Gasteiger partial charge is 0.253 e. The van der Waals surface area contributed by atoms with Crippen LogP contribution in [-0.2, 0) is 0 Å². The van der Waals surface area contributed by atoms with E-state index in [4.69, 9.17) is 16.7 Å². The summed E-state index contributed by atoms with van der Waals surface area (Å²) in [4.78, 5) is 11.7. The second-order valence-electron chi connectivity index (χ2n) is 3.16. The molecule has 15 heavy (non-hydrogen) atoms. The molecule has 0 fully saturated rings. The third-order valence-corrected chi connectivity index (χ3v) is 3.14. The van der Waals surface area contributed by atoms with Gasteiger partial charge in [-0.05, 0) is 35.0 Å². The molecule has 0 heterocycles. The van der Waals surface area contributed by atoms with Crippen molar-refractivity contribution in [2.24, 2.45) is 0 Å². The monoisotopic (exact) mass is 291 g/mol. The number of aliphatic hydroxyl groups is 1. The van der Waals surface area contributed by atoms with E-state index >= 15 is 0 Å². The van der Waals surface area contributed by atoms with E-state index in [9.17, 15) is 4.79 Å². The van der Waals surface area contributed by atoms with Crippen molar-refractivity contribution in [1.29, 1.82) is 0 Å². The summed E-state index contributed by atoms with van der Waals surface area (Å²) in [5.41, 5.74) is 0.395. The molecule has 3 nitrogen and oxygen atoms in total. The lowest BCUT2D eigenvalue weighted by Crippen LogP contribution is -2.35. The van der Waals surface area contributed by atoms with Gasteiger partial charge in [-0.1, -0.05) is 17.7 Å². The van der Waals surface area contributed by atoms with Gasteiger partial charge < -0.3 is 10.4 Å². The fourth-order valence-corrected chi connectivity index (χ4v) is 1.60. The fourth-order valence-electron chi connectivity index (χ4n) is 1.03. The highest BCUT2D eigenvalue weighted by Gasteiger charge is 2.13. The molecule has 0 spiro atoms. The van der Waals surface area contributed by atoms with E-state index < -0.39 is 0 Å². The molecular weight excluding hydrogens is 281 g/mol. The van der Waals surface area contributed by atoms with Crippen molar-refractivity contribution in [3.05, 3.63) is 33.3 Å². The number of aliphatic hydroxyl groups excluding tert-OH is 1. The Morgan fingerprint density at radius 3 is 2.93 bits per heavy atom. The van der Waals surface area contributed by atoms with Crippen LogP contribution in [0.25, 0.3) is 0 Å². The highest BCUT2D eigenvalue weighted by Crippen LogP contribution is 2.25. The summed E-state index contributed by atoms with van der Waals surface area (Å²) in [7, 11) is 0. The Kier molecular flexibility index (Phi) is 4.57. The van der Waals surface area contributed by atoms with E-state index in [1.165, 1.54) is 0 Å². The zero-order chi connectivity index (χ0) is 11.4. The van der Waals surface area contributed by atoms with Crippen molar-refractivity contribution in [3.63, 3.8) is 0 Å². The van der Waals surface area contributed by atoms with Crippen LogP contribution in [0, 0.1) is 0 Å². The van der Waals surface area contributed by atoms with Gasteiger partial charge in [0.1, 0.15) is 0 Å². The summed E-state index contributed by atoms with van der Waals surface area (Å²) >= 11 is 9.18. The molecule has 1 rings (SSSR count). The standard InChI is InChI=1S/C10H11BrClNO2/c1-6(5-14)13-10(15)7-3-2-4-8(11)9(7)12/h2-4,6,14H,5H2,1H3,(H,13,15)/t6-/m1/s1. The normalized spacial score (nSPS) is 12.3. The molecular formula is C10H11BrClNO2. The zero-order valence-electron chi connectivity index (χ0n) is 8.13. The van der Waals surface area contributed by atoms with Gasteiger partial charge in [0, 0.05) is 10.5 Å². The molecule has 0 saturated heterocycles. The van der Waals surface area contributed by atoms with Crippen LogP contribution in [0.4, 0.5) is 0 Å². The van der Waals surface area contributed by atoms with Gasteiger partial charge in [-0.2, -0.15) is 0 Å². The van der Waals surface area contributed by atoms with Crippen LogP contribution in [0.1, 0.15) is 17.3 Å². The van der Waals surface area contributed by atoms with Crippen molar-refractivity contribution in [2.45, 2.75) is 13.0 Å². The lowest BCUT2D eigenvalue weighted by molar-refractivity contribution is 0.0922. The van der Waals surface area contributed by atoms with Crippen LogP contribution in [0.15, 0.2) is 22.7 Å². The minimum Gasteiger partial charge on any atom is -0.394 e. The second-order valence-corrected chi connectivity index (χ2v) is 4.39. The summed E-state index contributed by atoms with van der Waals surface area (Å²) in [6.45, 7) is 1.61. The quantitative estimate of drug-likeness (QED) is 0.897. The van der Waals surface area contributed by atoms with Gasteiger partial charge >= 0.3 is 0 Å². The van der Waals surface area contributed by atoms with Crippen molar-refractivity contribution in [1.82, 2.24) is 5.32 Å². The highest BCUT2D eigenvalue weighted by molar-refractivity contribution is 9.10. The molecule has 5 heteroatoms. The van der Waals surface area contributed by atoms with E-state index in [0.717, 1.165) is 0 Å². The molecule has 1 amide bonds. The number of benzene rings is 1. The van der Waals surface area contributed by atoms with Crippen LogP contribution in [0.3, 0.4) is 0 Å². The third kappa shape index (κ3) is 3.19. The van der Waals surface area contributed by atoms with Gasteiger partial charge in [0.2, 0.25) is 0 Å². The Morgan fingerprint density at radius 1 is 1.67 bits per heavy atom. The summed E-state index contributed by atoms with van der Waals surface area (Å²) in [5.74, 6) is -0.289. The van der Waals surface area contributed by atoms with E-state index in [0.29, 0.717) is 15.1 Å². The summed E-state index contributed by atoms with van der Waals surface area (Å²) in [6.07, 6.45) is 0. The summed E-state index contributed by atoms with van der Waals surface area (Å²) < 4.78 is 0.675. The Bertz CT molecular complexity index is 370. The molecule has 0 saturated carbocycles. The molecule has 0 unspecified atom stereocenters. The zero-order valence-corrected chi connectivity index (χ0v) is 10.5. The van der Waals surface area contributed by atoms with E-state index in [2.05, 4.69) is 21.2 Å². The molecule has 0 bridgehead atoms. The van der Waals surface area contributed by atoms with Gasteiger partial charge in [0.05, 0.1) is 17.2 Å². The average molecular weight is 293 g/mol. The molecule has 1 aromatic carbocycles.